The third-order valence-electron chi connectivity index (χ3n) is 3.31. The molecule has 1 atom stereocenters. The third kappa shape index (κ3) is 2.37. The lowest BCUT2D eigenvalue weighted by atomic mass is 10.0. The van der Waals surface area contributed by atoms with Crippen LogP contribution in [0, 0.1) is 10.1 Å². The second-order valence-corrected chi connectivity index (χ2v) is 4.49. The van der Waals surface area contributed by atoms with Crippen LogP contribution in [0.3, 0.4) is 0 Å². The minimum atomic E-state index is -0.386. The Balaban J connectivity index is 2.42. The number of nitro groups is 1. The van der Waals surface area contributed by atoms with Crippen molar-refractivity contribution in [2.24, 2.45) is 0 Å². The SMILES string of the molecule is COc1ccc([N+](=O)[O-])c(N2CCCCC2C)n1. The van der Waals surface area contributed by atoms with Crippen molar-refractivity contribution in [3.05, 3.63) is 22.2 Å². The van der Waals surface area contributed by atoms with Gasteiger partial charge < -0.3 is 9.64 Å². The van der Waals surface area contributed by atoms with E-state index in [0.29, 0.717) is 11.7 Å². The molecule has 0 aromatic carbocycles. The summed E-state index contributed by atoms with van der Waals surface area (Å²) in [6.07, 6.45) is 3.24. The quantitative estimate of drug-likeness (QED) is 0.609. The van der Waals surface area contributed by atoms with Crippen molar-refractivity contribution >= 4 is 11.5 Å². The van der Waals surface area contributed by atoms with E-state index in [1.165, 1.54) is 19.2 Å². The number of methoxy groups -OCH3 is 1. The number of pyridine rings is 1. The van der Waals surface area contributed by atoms with E-state index in [0.717, 1.165) is 25.8 Å². The highest BCUT2D eigenvalue weighted by molar-refractivity contribution is 5.59. The second-order valence-electron chi connectivity index (χ2n) is 4.49. The Morgan fingerprint density at radius 3 is 2.89 bits per heavy atom. The average molecular weight is 251 g/mol. The van der Waals surface area contributed by atoms with E-state index in [4.69, 9.17) is 4.74 Å². The highest BCUT2D eigenvalue weighted by Crippen LogP contribution is 2.32. The predicted molar refractivity (Wildman–Crippen MR) is 68.1 cm³/mol. The molecule has 0 N–H and O–H groups in total. The zero-order valence-electron chi connectivity index (χ0n) is 10.6. The standard InChI is InChI=1S/C12H17N3O3/c1-9-5-3-4-8-14(9)12-10(15(16)17)6-7-11(13-12)18-2/h6-7,9H,3-5,8H2,1-2H3. The average Bonchev–Trinajstić information content (AvgIpc) is 2.38. The molecule has 1 unspecified atom stereocenters. The van der Waals surface area contributed by atoms with Crippen LogP contribution >= 0.6 is 0 Å². The van der Waals surface area contributed by atoms with E-state index >= 15 is 0 Å². The van der Waals surface area contributed by atoms with Gasteiger partial charge in [0.1, 0.15) is 0 Å². The van der Waals surface area contributed by atoms with Gasteiger partial charge in [0, 0.05) is 24.7 Å². The Kier molecular flexibility index (Phi) is 3.64. The van der Waals surface area contributed by atoms with Crippen LogP contribution in [0.25, 0.3) is 0 Å². The van der Waals surface area contributed by atoms with E-state index in [1.54, 1.807) is 0 Å². The fourth-order valence-corrected chi connectivity index (χ4v) is 2.30. The molecule has 18 heavy (non-hydrogen) atoms. The fraction of sp³-hybridized carbons (Fsp3) is 0.583. The smallest absolute Gasteiger partial charge is 0.311 e. The summed E-state index contributed by atoms with van der Waals surface area (Å²) in [6, 6.07) is 3.26. The molecule has 6 nitrogen and oxygen atoms in total. The van der Waals surface area contributed by atoms with Crippen molar-refractivity contribution in [2.45, 2.75) is 32.2 Å². The first-order chi connectivity index (χ1) is 8.63. The molecule has 0 amide bonds. The van der Waals surface area contributed by atoms with E-state index in [9.17, 15) is 10.1 Å². The second kappa shape index (κ2) is 5.20. The van der Waals surface area contributed by atoms with Gasteiger partial charge in [-0.3, -0.25) is 10.1 Å². The highest BCUT2D eigenvalue weighted by Gasteiger charge is 2.27. The van der Waals surface area contributed by atoms with Crippen molar-refractivity contribution in [1.82, 2.24) is 4.98 Å². The maximum Gasteiger partial charge on any atom is 0.311 e. The first-order valence-electron chi connectivity index (χ1n) is 6.09. The molecule has 0 bridgehead atoms. The Hall–Kier alpha value is -1.85. The summed E-state index contributed by atoms with van der Waals surface area (Å²) in [5.74, 6) is 0.833. The molecule has 2 rings (SSSR count). The summed E-state index contributed by atoms with van der Waals surface area (Å²) in [7, 11) is 1.51. The molecule has 1 aromatic rings. The summed E-state index contributed by atoms with van der Waals surface area (Å²) in [6.45, 7) is 2.88. The lowest BCUT2D eigenvalue weighted by Gasteiger charge is -2.33. The van der Waals surface area contributed by atoms with Crippen molar-refractivity contribution in [1.29, 1.82) is 0 Å². The number of hydrogen-bond acceptors (Lipinski definition) is 5. The lowest BCUT2D eigenvalue weighted by Crippen LogP contribution is -2.38. The zero-order chi connectivity index (χ0) is 13.1. The van der Waals surface area contributed by atoms with Gasteiger partial charge in [-0.2, -0.15) is 4.98 Å². The Bertz CT molecular complexity index is 450. The molecule has 1 aliphatic rings. The largest absolute Gasteiger partial charge is 0.481 e. The maximum atomic E-state index is 11.1. The van der Waals surface area contributed by atoms with Crippen LogP contribution in [0.4, 0.5) is 11.5 Å². The van der Waals surface area contributed by atoms with Crippen LogP contribution in [-0.4, -0.2) is 29.6 Å². The van der Waals surface area contributed by atoms with Crippen LogP contribution in [0.15, 0.2) is 12.1 Å². The molecular weight excluding hydrogens is 234 g/mol. The van der Waals surface area contributed by atoms with Gasteiger partial charge in [0.25, 0.3) is 0 Å². The molecule has 6 heteroatoms. The lowest BCUT2D eigenvalue weighted by molar-refractivity contribution is -0.384. The first kappa shape index (κ1) is 12.6. The molecule has 0 radical (unpaired) electrons. The predicted octanol–water partition coefficient (Wildman–Crippen LogP) is 2.38. The molecular formula is C12H17N3O3. The van der Waals surface area contributed by atoms with E-state index < -0.39 is 0 Å². The van der Waals surface area contributed by atoms with E-state index in [2.05, 4.69) is 11.9 Å². The molecule has 0 aliphatic carbocycles. The van der Waals surface area contributed by atoms with Gasteiger partial charge >= 0.3 is 5.69 Å². The van der Waals surface area contributed by atoms with Gasteiger partial charge in [0.15, 0.2) is 0 Å². The maximum absolute atomic E-state index is 11.1. The topological polar surface area (TPSA) is 68.5 Å². The van der Waals surface area contributed by atoms with Crippen LogP contribution < -0.4 is 9.64 Å². The summed E-state index contributed by atoms with van der Waals surface area (Å²) in [4.78, 5) is 16.9. The van der Waals surface area contributed by atoms with Gasteiger partial charge in [-0.25, -0.2) is 0 Å². The Labute approximate surface area is 106 Å². The monoisotopic (exact) mass is 251 g/mol. The molecule has 98 valence electrons. The number of aromatic nitrogens is 1. The molecule has 2 heterocycles. The minimum Gasteiger partial charge on any atom is -0.481 e. The number of nitrogens with zero attached hydrogens (tertiary/aromatic N) is 3. The fourth-order valence-electron chi connectivity index (χ4n) is 2.30. The zero-order valence-corrected chi connectivity index (χ0v) is 10.6. The van der Waals surface area contributed by atoms with Crippen molar-refractivity contribution in [3.8, 4) is 5.88 Å². The van der Waals surface area contributed by atoms with Crippen LogP contribution in [0.5, 0.6) is 5.88 Å². The van der Waals surface area contributed by atoms with E-state index in [-0.39, 0.29) is 16.7 Å². The number of hydrogen-bond donors (Lipinski definition) is 0. The number of ether oxygens (including phenoxy) is 1. The van der Waals surface area contributed by atoms with Gasteiger partial charge in [-0.1, -0.05) is 0 Å². The van der Waals surface area contributed by atoms with Crippen LogP contribution in [0.2, 0.25) is 0 Å². The van der Waals surface area contributed by atoms with E-state index in [1.807, 2.05) is 4.90 Å². The van der Waals surface area contributed by atoms with Gasteiger partial charge in [-0.05, 0) is 26.2 Å². The molecule has 1 fully saturated rings. The number of rotatable bonds is 3. The number of piperidine rings is 1. The number of anilines is 1. The Morgan fingerprint density at radius 2 is 2.28 bits per heavy atom. The first-order valence-corrected chi connectivity index (χ1v) is 6.09. The molecule has 1 aromatic heterocycles. The third-order valence-corrected chi connectivity index (χ3v) is 3.31. The minimum absolute atomic E-state index is 0.0459. The summed E-state index contributed by atoms with van der Waals surface area (Å²) >= 11 is 0. The highest BCUT2D eigenvalue weighted by atomic mass is 16.6. The molecule has 1 aliphatic heterocycles. The normalized spacial score (nSPS) is 19.7. The van der Waals surface area contributed by atoms with Crippen molar-refractivity contribution < 1.29 is 9.66 Å². The summed E-state index contributed by atoms with van der Waals surface area (Å²) in [5.41, 5.74) is 0.0459. The molecule has 0 saturated carbocycles. The van der Waals surface area contributed by atoms with Gasteiger partial charge in [-0.15, -0.1) is 0 Å². The van der Waals surface area contributed by atoms with Crippen molar-refractivity contribution in [2.75, 3.05) is 18.6 Å². The molecule has 0 spiro atoms. The molecule has 1 saturated heterocycles. The van der Waals surface area contributed by atoms with Crippen LogP contribution in [0.1, 0.15) is 26.2 Å². The van der Waals surface area contributed by atoms with Crippen molar-refractivity contribution in [3.63, 3.8) is 0 Å². The van der Waals surface area contributed by atoms with Crippen LogP contribution in [-0.2, 0) is 0 Å². The summed E-state index contributed by atoms with van der Waals surface area (Å²) < 4.78 is 5.06. The van der Waals surface area contributed by atoms with Gasteiger partial charge in [0.05, 0.1) is 12.0 Å². The summed E-state index contributed by atoms with van der Waals surface area (Å²) in [5, 5.41) is 11.1. The van der Waals surface area contributed by atoms with Gasteiger partial charge in [0.2, 0.25) is 11.7 Å². The Morgan fingerprint density at radius 1 is 1.50 bits per heavy atom.